The number of rotatable bonds is 0. The standard InChI is InChI=1S/C13H8N2S/c1-3-9-4-2-6-11-12(9)10(5-1)14-13-15(11)7-8-16-13/h1-8H. The minimum atomic E-state index is 1.05. The van der Waals surface area contributed by atoms with Gasteiger partial charge in [-0.3, -0.25) is 4.90 Å². The highest BCUT2D eigenvalue weighted by Crippen LogP contribution is 2.42. The molecular formula is C13H8N2S. The van der Waals surface area contributed by atoms with Gasteiger partial charge in [-0.15, -0.1) is 0 Å². The lowest BCUT2D eigenvalue weighted by atomic mass is 10.1. The highest BCUT2D eigenvalue weighted by Gasteiger charge is 2.23. The molecule has 2 aromatic rings. The molecule has 76 valence electrons. The van der Waals surface area contributed by atoms with Crippen LogP contribution in [0.5, 0.6) is 0 Å². The number of anilines is 1. The van der Waals surface area contributed by atoms with Crippen LogP contribution in [0, 0.1) is 0 Å². The number of amidine groups is 1. The Hall–Kier alpha value is -1.74. The van der Waals surface area contributed by atoms with Gasteiger partial charge in [-0.2, -0.15) is 0 Å². The molecule has 0 aromatic heterocycles. The van der Waals surface area contributed by atoms with Gasteiger partial charge in [-0.25, -0.2) is 4.99 Å². The molecule has 16 heavy (non-hydrogen) atoms. The van der Waals surface area contributed by atoms with Crippen LogP contribution in [0.1, 0.15) is 0 Å². The van der Waals surface area contributed by atoms with Crippen LogP contribution in [0.15, 0.2) is 53.0 Å². The molecule has 2 nitrogen and oxygen atoms in total. The molecule has 0 saturated heterocycles. The summed E-state index contributed by atoms with van der Waals surface area (Å²) < 4.78 is 0. The van der Waals surface area contributed by atoms with Gasteiger partial charge in [0.25, 0.3) is 0 Å². The second-order valence-electron chi connectivity index (χ2n) is 3.82. The maximum Gasteiger partial charge on any atom is 0.177 e. The maximum atomic E-state index is 4.67. The van der Waals surface area contributed by atoms with E-state index in [0.717, 1.165) is 10.9 Å². The summed E-state index contributed by atoms with van der Waals surface area (Å²) in [5.41, 5.74) is 2.31. The van der Waals surface area contributed by atoms with E-state index in [4.69, 9.17) is 0 Å². The summed E-state index contributed by atoms with van der Waals surface area (Å²) in [6.07, 6.45) is 2.08. The lowest BCUT2D eigenvalue weighted by molar-refractivity contribution is 1.36. The molecule has 0 aliphatic carbocycles. The van der Waals surface area contributed by atoms with Crippen LogP contribution in [-0.2, 0) is 0 Å². The summed E-state index contributed by atoms with van der Waals surface area (Å²) >= 11 is 1.67. The van der Waals surface area contributed by atoms with Crippen molar-refractivity contribution in [2.24, 2.45) is 4.99 Å². The number of fused-ring (bicyclic) bond motifs is 2. The Morgan fingerprint density at radius 2 is 1.94 bits per heavy atom. The first-order valence-electron chi connectivity index (χ1n) is 5.16. The van der Waals surface area contributed by atoms with E-state index in [1.807, 2.05) is 0 Å². The average Bonchev–Trinajstić information content (AvgIpc) is 2.78. The summed E-state index contributed by atoms with van der Waals surface area (Å²) in [4.78, 5) is 6.82. The topological polar surface area (TPSA) is 15.6 Å². The second kappa shape index (κ2) is 2.89. The fourth-order valence-corrected chi connectivity index (χ4v) is 2.96. The fraction of sp³-hybridized carbons (Fsp3) is 0. The molecule has 0 fully saturated rings. The van der Waals surface area contributed by atoms with Gasteiger partial charge in [0, 0.05) is 11.6 Å². The van der Waals surface area contributed by atoms with Crippen LogP contribution in [0.25, 0.3) is 10.8 Å². The van der Waals surface area contributed by atoms with Crippen LogP contribution in [-0.4, -0.2) is 5.17 Å². The zero-order valence-corrected chi connectivity index (χ0v) is 9.24. The van der Waals surface area contributed by atoms with Crippen LogP contribution >= 0.6 is 11.8 Å². The molecule has 0 N–H and O–H groups in total. The summed E-state index contributed by atoms with van der Waals surface area (Å²) in [5, 5.41) is 5.62. The number of aliphatic imine (C=N–C) groups is 1. The Morgan fingerprint density at radius 3 is 2.88 bits per heavy atom. The summed E-state index contributed by atoms with van der Waals surface area (Å²) in [6, 6.07) is 12.7. The zero-order chi connectivity index (χ0) is 10.5. The first kappa shape index (κ1) is 8.42. The number of hydrogen-bond acceptors (Lipinski definition) is 3. The molecule has 2 aromatic carbocycles. The molecule has 0 unspecified atom stereocenters. The molecule has 3 heteroatoms. The predicted octanol–water partition coefficient (Wildman–Crippen LogP) is 3.87. The largest absolute Gasteiger partial charge is 0.295 e. The third-order valence-corrected chi connectivity index (χ3v) is 3.68. The summed E-state index contributed by atoms with van der Waals surface area (Å²) in [5.74, 6) is 0. The van der Waals surface area contributed by atoms with Crippen molar-refractivity contribution in [1.82, 2.24) is 0 Å². The van der Waals surface area contributed by atoms with Gasteiger partial charge >= 0.3 is 0 Å². The number of nitrogens with zero attached hydrogens (tertiary/aromatic N) is 2. The SMILES string of the molecule is C1=CN2C(=Nc3cccc4cccc2c34)S1. The molecule has 0 amide bonds. The quantitative estimate of drug-likeness (QED) is 0.675. The molecule has 0 atom stereocenters. The van der Waals surface area contributed by atoms with Crippen LogP contribution in [0.4, 0.5) is 11.4 Å². The zero-order valence-electron chi connectivity index (χ0n) is 8.42. The van der Waals surface area contributed by atoms with Gasteiger partial charge in [0.15, 0.2) is 5.17 Å². The highest BCUT2D eigenvalue weighted by molar-refractivity contribution is 8.17. The molecular weight excluding hydrogens is 216 g/mol. The van der Waals surface area contributed by atoms with Crippen molar-refractivity contribution in [3.05, 3.63) is 48.0 Å². The molecule has 0 radical (unpaired) electrons. The Balaban J connectivity index is 2.19. The van der Waals surface area contributed by atoms with E-state index < -0.39 is 0 Å². The first-order chi connectivity index (χ1) is 7.93. The first-order valence-corrected chi connectivity index (χ1v) is 6.04. The van der Waals surface area contributed by atoms with Crippen molar-refractivity contribution in [1.29, 1.82) is 0 Å². The monoisotopic (exact) mass is 224 g/mol. The predicted molar refractivity (Wildman–Crippen MR) is 70.3 cm³/mol. The molecule has 4 rings (SSSR count). The summed E-state index contributed by atoms with van der Waals surface area (Å²) in [7, 11) is 0. The maximum absolute atomic E-state index is 4.67. The van der Waals surface area contributed by atoms with Crippen molar-refractivity contribution < 1.29 is 0 Å². The Morgan fingerprint density at radius 1 is 1.06 bits per heavy atom. The molecule has 0 spiro atoms. The normalized spacial score (nSPS) is 16.5. The van der Waals surface area contributed by atoms with Crippen LogP contribution in [0.3, 0.4) is 0 Å². The third-order valence-electron chi connectivity index (χ3n) is 2.93. The van der Waals surface area contributed by atoms with Gasteiger partial charge < -0.3 is 0 Å². The highest BCUT2D eigenvalue weighted by atomic mass is 32.2. The average molecular weight is 224 g/mol. The summed E-state index contributed by atoms with van der Waals surface area (Å²) in [6.45, 7) is 0. The Labute approximate surface area is 97.3 Å². The van der Waals surface area contributed by atoms with E-state index in [1.54, 1.807) is 11.8 Å². The number of hydrogen-bond donors (Lipinski definition) is 0. The number of thioether (sulfide) groups is 1. The van der Waals surface area contributed by atoms with Crippen molar-refractivity contribution in [3.63, 3.8) is 0 Å². The van der Waals surface area contributed by atoms with Gasteiger partial charge in [0.05, 0.1) is 11.4 Å². The molecule has 2 aliphatic rings. The van der Waals surface area contributed by atoms with Gasteiger partial charge in [0.2, 0.25) is 0 Å². The van der Waals surface area contributed by atoms with Crippen LogP contribution < -0.4 is 4.90 Å². The van der Waals surface area contributed by atoms with E-state index in [0.29, 0.717) is 0 Å². The Bertz CT molecular complexity index is 653. The van der Waals surface area contributed by atoms with E-state index in [-0.39, 0.29) is 0 Å². The lowest BCUT2D eigenvalue weighted by Crippen LogP contribution is -2.20. The fourth-order valence-electron chi connectivity index (χ4n) is 2.23. The van der Waals surface area contributed by atoms with E-state index in [1.165, 1.54) is 16.5 Å². The third kappa shape index (κ3) is 0.959. The van der Waals surface area contributed by atoms with Crippen molar-refractivity contribution in [2.45, 2.75) is 0 Å². The van der Waals surface area contributed by atoms with Crippen molar-refractivity contribution in [3.8, 4) is 0 Å². The second-order valence-corrected chi connectivity index (χ2v) is 4.69. The van der Waals surface area contributed by atoms with E-state index in [2.05, 4.69) is 57.9 Å². The van der Waals surface area contributed by atoms with Gasteiger partial charge in [0.1, 0.15) is 0 Å². The molecule has 0 saturated carbocycles. The lowest BCUT2D eigenvalue weighted by Gasteiger charge is -2.23. The van der Waals surface area contributed by atoms with Gasteiger partial charge in [-0.1, -0.05) is 36.0 Å². The van der Waals surface area contributed by atoms with Gasteiger partial charge in [-0.05, 0) is 22.9 Å². The van der Waals surface area contributed by atoms with E-state index >= 15 is 0 Å². The smallest absolute Gasteiger partial charge is 0.177 e. The Kier molecular flexibility index (Phi) is 1.52. The molecule has 2 aliphatic heterocycles. The minimum Gasteiger partial charge on any atom is -0.295 e. The molecule has 2 heterocycles. The number of benzene rings is 2. The van der Waals surface area contributed by atoms with Crippen LogP contribution in [0.2, 0.25) is 0 Å². The van der Waals surface area contributed by atoms with Crippen molar-refractivity contribution >= 4 is 39.1 Å². The minimum absolute atomic E-state index is 1.05. The molecule has 0 bridgehead atoms. The van der Waals surface area contributed by atoms with E-state index in [9.17, 15) is 0 Å². The van der Waals surface area contributed by atoms with Crippen molar-refractivity contribution in [2.75, 3.05) is 4.90 Å².